The fourth-order valence-electron chi connectivity index (χ4n) is 3.49. The Balaban J connectivity index is 1.55. The van der Waals surface area contributed by atoms with Crippen LogP contribution in [0.2, 0.25) is 0 Å². The van der Waals surface area contributed by atoms with Crippen LogP contribution in [0.3, 0.4) is 0 Å². The fraction of sp³-hybridized carbons (Fsp3) is 0.154. The Morgan fingerprint density at radius 2 is 1.83 bits per heavy atom. The number of hydrogen-bond donors (Lipinski definition) is 1. The number of carbonyl (C=O) groups excluding carboxylic acids is 2. The van der Waals surface area contributed by atoms with Gasteiger partial charge in [-0.2, -0.15) is 0 Å². The van der Waals surface area contributed by atoms with Crippen LogP contribution in [0.1, 0.15) is 23.6 Å². The summed E-state index contributed by atoms with van der Waals surface area (Å²) in [5.41, 5.74) is 1.99. The predicted molar refractivity (Wildman–Crippen MR) is 142 cm³/mol. The molecule has 3 aromatic carbocycles. The number of carbonyl (C=O) groups is 2. The minimum Gasteiger partial charge on any atom is -0.490 e. The molecule has 35 heavy (non-hydrogen) atoms. The monoisotopic (exact) mass is 650 g/mol. The topological polar surface area (TPSA) is 67.9 Å². The number of halogens is 3. The molecule has 0 unspecified atom stereocenters. The van der Waals surface area contributed by atoms with Crippen molar-refractivity contribution in [3.05, 3.63) is 96.9 Å². The van der Waals surface area contributed by atoms with E-state index < -0.39 is 17.8 Å². The van der Waals surface area contributed by atoms with Gasteiger partial charge in [-0.25, -0.2) is 9.18 Å². The van der Waals surface area contributed by atoms with E-state index in [0.29, 0.717) is 34.7 Å². The number of hydrogen-bond acceptors (Lipinski definition) is 4. The molecule has 0 saturated carbocycles. The zero-order valence-electron chi connectivity index (χ0n) is 18.7. The van der Waals surface area contributed by atoms with Gasteiger partial charge in [-0.15, -0.1) is 0 Å². The van der Waals surface area contributed by atoms with Crippen LogP contribution in [0.25, 0.3) is 6.08 Å². The van der Waals surface area contributed by atoms with Gasteiger partial charge in [-0.1, -0.05) is 30.3 Å². The second kappa shape index (κ2) is 11.2. The van der Waals surface area contributed by atoms with Crippen LogP contribution >= 0.6 is 38.5 Å². The van der Waals surface area contributed by atoms with E-state index in [0.717, 1.165) is 14.0 Å². The summed E-state index contributed by atoms with van der Waals surface area (Å²) in [7, 11) is 0. The highest BCUT2D eigenvalue weighted by Gasteiger charge is 2.34. The molecule has 3 amide bonds. The number of rotatable bonds is 8. The van der Waals surface area contributed by atoms with Crippen molar-refractivity contribution in [2.45, 2.75) is 20.1 Å². The Bertz CT molecular complexity index is 1300. The van der Waals surface area contributed by atoms with E-state index in [-0.39, 0.29) is 17.8 Å². The highest BCUT2D eigenvalue weighted by atomic mass is 127. The standard InChI is InChI=1S/C26H21BrFIN2O4/c1-2-34-23-13-17(11-20(27)24(23)35-15-16-7-9-19(29)10-8-16)12-22-25(32)31(26(33)30-22)14-18-5-3-4-6-21(18)28/h3-13H,2,14-15H2,1H3,(H,30,33)/b22-12+. The van der Waals surface area contributed by atoms with Crippen molar-refractivity contribution in [3.8, 4) is 11.5 Å². The Morgan fingerprint density at radius 1 is 1.09 bits per heavy atom. The molecular formula is C26H21BrFIN2O4. The van der Waals surface area contributed by atoms with E-state index in [1.54, 1.807) is 30.3 Å². The first kappa shape index (κ1) is 25.2. The van der Waals surface area contributed by atoms with Crippen LogP contribution in [0, 0.1) is 9.39 Å². The first-order chi connectivity index (χ1) is 16.9. The lowest BCUT2D eigenvalue weighted by molar-refractivity contribution is -0.123. The second-order valence-electron chi connectivity index (χ2n) is 7.65. The van der Waals surface area contributed by atoms with Crippen molar-refractivity contribution in [2.24, 2.45) is 0 Å². The van der Waals surface area contributed by atoms with Gasteiger partial charge < -0.3 is 14.8 Å². The normalized spacial score (nSPS) is 14.4. The zero-order valence-corrected chi connectivity index (χ0v) is 22.4. The molecule has 0 spiro atoms. The maximum absolute atomic E-state index is 14.0. The van der Waals surface area contributed by atoms with Crippen molar-refractivity contribution in [3.63, 3.8) is 0 Å². The van der Waals surface area contributed by atoms with E-state index in [9.17, 15) is 14.0 Å². The molecule has 0 aromatic heterocycles. The quantitative estimate of drug-likeness (QED) is 0.178. The Hall–Kier alpha value is -2.92. The molecular weight excluding hydrogens is 630 g/mol. The summed E-state index contributed by atoms with van der Waals surface area (Å²) in [6, 6.07) is 17.0. The number of amides is 3. The highest BCUT2D eigenvalue weighted by Crippen LogP contribution is 2.38. The minimum absolute atomic E-state index is 0.0910. The van der Waals surface area contributed by atoms with Crippen LogP contribution in [0.5, 0.6) is 11.5 Å². The maximum atomic E-state index is 14.0. The molecule has 9 heteroatoms. The number of benzene rings is 3. The summed E-state index contributed by atoms with van der Waals surface area (Å²) in [5.74, 6) is 0.0257. The lowest BCUT2D eigenvalue weighted by atomic mass is 10.1. The number of nitrogens with one attached hydrogen (secondary N) is 1. The molecule has 180 valence electrons. The van der Waals surface area contributed by atoms with E-state index >= 15 is 0 Å². The minimum atomic E-state index is -0.605. The van der Waals surface area contributed by atoms with Crippen molar-refractivity contribution >= 4 is 56.5 Å². The lowest BCUT2D eigenvalue weighted by Crippen LogP contribution is -2.30. The van der Waals surface area contributed by atoms with Gasteiger partial charge in [-0.3, -0.25) is 9.69 Å². The summed E-state index contributed by atoms with van der Waals surface area (Å²) in [6.07, 6.45) is 1.55. The lowest BCUT2D eigenvalue weighted by Gasteiger charge is -2.15. The molecule has 3 aromatic rings. The number of urea groups is 1. The van der Waals surface area contributed by atoms with Gasteiger partial charge >= 0.3 is 6.03 Å². The average molecular weight is 651 g/mol. The summed E-state index contributed by atoms with van der Waals surface area (Å²) >= 11 is 5.78. The third-order valence-corrected chi connectivity index (χ3v) is 6.50. The maximum Gasteiger partial charge on any atom is 0.329 e. The van der Waals surface area contributed by atoms with E-state index in [4.69, 9.17) is 9.47 Å². The summed E-state index contributed by atoms with van der Waals surface area (Å²) in [5, 5.41) is 2.57. The largest absolute Gasteiger partial charge is 0.490 e. The van der Waals surface area contributed by atoms with Crippen molar-refractivity contribution < 1.29 is 23.5 Å². The number of nitrogens with zero attached hydrogens (tertiary/aromatic N) is 1. The molecule has 1 aliphatic rings. The SMILES string of the molecule is CCOc1cc(/C=C2/NC(=O)N(Cc3ccccc3F)C2=O)cc(Br)c1OCc1ccc(I)cc1. The van der Waals surface area contributed by atoms with Gasteiger partial charge in [0.15, 0.2) is 11.5 Å². The van der Waals surface area contributed by atoms with E-state index in [1.165, 1.54) is 12.1 Å². The van der Waals surface area contributed by atoms with Gasteiger partial charge in [0.25, 0.3) is 5.91 Å². The van der Waals surface area contributed by atoms with E-state index in [2.05, 4.69) is 43.8 Å². The van der Waals surface area contributed by atoms with Crippen LogP contribution in [-0.4, -0.2) is 23.4 Å². The molecule has 4 rings (SSSR count). The molecule has 1 heterocycles. The first-order valence-corrected chi connectivity index (χ1v) is 12.6. The Labute approximate surface area is 224 Å². The van der Waals surface area contributed by atoms with Crippen LogP contribution in [-0.2, 0) is 17.9 Å². The molecule has 0 aliphatic carbocycles. The molecule has 6 nitrogen and oxygen atoms in total. The van der Waals surface area contributed by atoms with Crippen LogP contribution in [0.15, 0.2) is 70.8 Å². The van der Waals surface area contributed by atoms with E-state index in [1.807, 2.05) is 31.2 Å². The third kappa shape index (κ3) is 6.02. The van der Waals surface area contributed by atoms with Crippen LogP contribution < -0.4 is 14.8 Å². The fourth-order valence-corrected chi connectivity index (χ4v) is 4.42. The van der Waals surface area contributed by atoms with Crippen molar-refractivity contribution in [2.75, 3.05) is 6.61 Å². The molecule has 0 atom stereocenters. The smallest absolute Gasteiger partial charge is 0.329 e. The van der Waals surface area contributed by atoms with Crippen molar-refractivity contribution in [1.29, 1.82) is 0 Å². The first-order valence-electron chi connectivity index (χ1n) is 10.8. The summed E-state index contributed by atoms with van der Waals surface area (Å²) in [6.45, 7) is 2.48. The van der Waals surface area contributed by atoms with Gasteiger partial charge in [0, 0.05) is 9.13 Å². The summed E-state index contributed by atoms with van der Waals surface area (Å²) in [4.78, 5) is 26.2. The second-order valence-corrected chi connectivity index (χ2v) is 9.75. The van der Waals surface area contributed by atoms with Crippen LogP contribution in [0.4, 0.5) is 9.18 Å². The molecule has 1 fully saturated rings. The molecule has 1 aliphatic heterocycles. The Kier molecular flexibility index (Phi) is 8.07. The summed E-state index contributed by atoms with van der Waals surface area (Å²) < 4.78 is 27.6. The van der Waals surface area contributed by atoms with Gasteiger partial charge in [0.1, 0.15) is 18.1 Å². The van der Waals surface area contributed by atoms with Crippen molar-refractivity contribution in [1.82, 2.24) is 10.2 Å². The third-order valence-electron chi connectivity index (χ3n) is 5.19. The average Bonchev–Trinajstić information content (AvgIpc) is 3.08. The molecule has 1 saturated heterocycles. The molecule has 1 N–H and O–H groups in total. The highest BCUT2D eigenvalue weighted by molar-refractivity contribution is 14.1. The molecule has 0 bridgehead atoms. The van der Waals surface area contributed by atoms with Gasteiger partial charge in [0.05, 0.1) is 17.6 Å². The Morgan fingerprint density at radius 3 is 2.54 bits per heavy atom. The number of ether oxygens (including phenoxy) is 2. The number of imide groups is 1. The molecule has 0 radical (unpaired) electrons. The van der Waals surface area contributed by atoms with Gasteiger partial charge in [-0.05, 0) is 93.0 Å². The predicted octanol–water partition coefficient (Wildman–Crippen LogP) is 6.26. The zero-order chi connectivity index (χ0) is 24.9. The van der Waals surface area contributed by atoms with Gasteiger partial charge in [0.2, 0.25) is 0 Å².